The lowest BCUT2D eigenvalue weighted by molar-refractivity contribution is 0.122. The van der Waals surface area contributed by atoms with Gasteiger partial charge in [0.15, 0.2) is 0 Å². The maximum Gasteiger partial charge on any atom is 0.233 e. The molecule has 6 rings (SSSR count). The van der Waals surface area contributed by atoms with Crippen molar-refractivity contribution >= 4 is 34.6 Å². The minimum absolute atomic E-state index is 0.485. The van der Waals surface area contributed by atoms with Crippen LogP contribution >= 0.6 is 0 Å². The van der Waals surface area contributed by atoms with E-state index in [0.717, 1.165) is 46.8 Å². The number of fused-ring (bicyclic) bond motifs is 1. The molecule has 9 nitrogen and oxygen atoms in total. The fourth-order valence-electron chi connectivity index (χ4n) is 4.11. The molecule has 1 aliphatic heterocycles. The van der Waals surface area contributed by atoms with E-state index in [2.05, 4.69) is 47.6 Å². The zero-order valence-electron chi connectivity index (χ0n) is 19.7. The van der Waals surface area contributed by atoms with Gasteiger partial charge in [-0.2, -0.15) is 15.0 Å². The summed E-state index contributed by atoms with van der Waals surface area (Å²) in [5, 5.41) is 6.67. The molecule has 3 heterocycles. The van der Waals surface area contributed by atoms with Crippen LogP contribution in [0.1, 0.15) is 5.56 Å². The van der Waals surface area contributed by atoms with Crippen LogP contribution in [0.15, 0.2) is 78.9 Å². The second-order valence-corrected chi connectivity index (χ2v) is 8.53. The number of aromatic nitrogens is 5. The van der Waals surface area contributed by atoms with E-state index in [9.17, 15) is 0 Å². The van der Waals surface area contributed by atoms with Gasteiger partial charge in [-0.25, -0.2) is 4.98 Å². The van der Waals surface area contributed by atoms with Gasteiger partial charge in [-0.15, -0.1) is 0 Å². The number of H-pyrrole nitrogens is 1. The molecular weight excluding hydrogens is 452 g/mol. The van der Waals surface area contributed by atoms with E-state index < -0.39 is 0 Å². The molecule has 1 fully saturated rings. The fraction of sp³-hybridized carbons (Fsp3) is 0.185. The molecule has 0 aliphatic carbocycles. The van der Waals surface area contributed by atoms with Crippen LogP contribution in [0.4, 0.5) is 23.5 Å². The lowest BCUT2D eigenvalue weighted by Crippen LogP contribution is -2.37. The number of ether oxygens (including phenoxy) is 1. The van der Waals surface area contributed by atoms with Gasteiger partial charge in [0.1, 0.15) is 5.82 Å². The molecule has 36 heavy (non-hydrogen) atoms. The Morgan fingerprint density at radius 3 is 2.33 bits per heavy atom. The van der Waals surface area contributed by atoms with Crippen molar-refractivity contribution in [3.8, 4) is 11.4 Å². The Labute approximate surface area is 208 Å². The van der Waals surface area contributed by atoms with Gasteiger partial charge < -0.3 is 25.3 Å². The van der Waals surface area contributed by atoms with Gasteiger partial charge in [0.05, 0.1) is 24.2 Å². The maximum atomic E-state index is 5.50. The van der Waals surface area contributed by atoms with E-state index in [1.165, 1.54) is 0 Å². The van der Waals surface area contributed by atoms with Gasteiger partial charge in [0.25, 0.3) is 0 Å². The normalized spacial score (nSPS) is 13.6. The van der Waals surface area contributed by atoms with Gasteiger partial charge in [0.2, 0.25) is 17.8 Å². The highest BCUT2D eigenvalue weighted by molar-refractivity contribution is 5.79. The zero-order valence-corrected chi connectivity index (χ0v) is 19.7. The van der Waals surface area contributed by atoms with Crippen molar-refractivity contribution in [2.24, 2.45) is 0 Å². The van der Waals surface area contributed by atoms with Gasteiger partial charge >= 0.3 is 0 Å². The van der Waals surface area contributed by atoms with Gasteiger partial charge in [-0.1, -0.05) is 42.5 Å². The number of imidazole rings is 1. The molecule has 3 N–H and O–H groups in total. The van der Waals surface area contributed by atoms with E-state index in [1.54, 1.807) is 0 Å². The highest BCUT2D eigenvalue weighted by Gasteiger charge is 2.17. The first-order valence-corrected chi connectivity index (χ1v) is 12.0. The Morgan fingerprint density at radius 1 is 0.778 bits per heavy atom. The van der Waals surface area contributed by atoms with Gasteiger partial charge in [0, 0.05) is 30.9 Å². The molecule has 2 aromatic heterocycles. The van der Waals surface area contributed by atoms with E-state index in [1.807, 2.05) is 66.7 Å². The van der Waals surface area contributed by atoms with E-state index in [0.29, 0.717) is 37.6 Å². The van der Waals surface area contributed by atoms with Crippen molar-refractivity contribution in [1.29, 1.82) is 0 Å². The quantitative estimate of drug-likeness (QED) is 0.312. The number of nitrogens with one attached hydrogen (secondary N) is 3. The number of morpholine rings is 1. The average Bonchev–Trinajstić information content (AvgIpc) is 3.38. The molecular formula is C27H26N8O. The first kappa shape index (κ1) is 22.0. The number of anilines is 4. The SMILES string of the molecule is c1ccc(CNc2nc(Nc3ccc(-c4nc5ccccc5[nH]4)cc3)nc(N3CCOCC3)n2)cc1. The Hall–Kier alpha value is -4.50. The van der Waals surface area contributed by atoms with Crippen molar-refractivity contribution in [3.05, 3.63) is 84.4 Å². The van der Waals surface area contributed by atoms with Crippen molar-refractivity contribution in [2.45, 2.75) is 6.54 Å². The first-order valence-electron chi connectivity index (χ1n) is 12.0. The molecule has 0 bridgehead atoms. The molecule has 0 amide bonds. The number of benzene rings is 3. The molecule has 0 spiro atoms. The number of hydrogen-bond donors (Lipinski definition) is 3. The van der Waals surface area contributed by atoms with Gasteiger partial charge in [-0.3, -0.25) is 0 Å². The van der Waals surface area contributed by atoms with Crippen molar-refractivity contribution in [3.63, 3.8) is 0 Å². The maximum absolute atomic E-state index is 5.50. The Morgan fingerprint density at radius 2 is 1.53 bits per heavy atom. The zero-order chi connectivity index (χ0) is 24.2. The summed E-state index contributed by atoms with van der Waals surface area (Å²) in [7, 11) is 0. The van der Waals surface area contributed by atoms with Crippen LogP contribution in [0.5, 0.6) is 0 Å². The molecule has 3 aromatic carbocycles. The Balaban J connectivity index is 1.23. The highest BCUT2D eigenvalue weighted by Crippen LogP contribution is 2.24. The smallest absolute Gasteiger partial charge is 0.233 e. The van der Waals surface area contributed by atoms with Crippen LogP contribution < -0.4 is 15.5 Å². The molecule has 180 valence electrons. The number of hydrogen-bond acceptors (Lipinski definition) is 8. The van der Waals surface area contributed by atoms with Crippen LogP contribution in [-0.2, 0) is 11.3 Å². The molecule has 9 heteroatoms. The van der Waals surface area contributed by atoms with E-state index >= 15 is 0 Å². The number of rotatable bonds is 7. The van der Waals surface area contributed by atoms with Crippen LogP contribution in [0.2, 0.25) is 0 Å². The summed E-state index contributed by atoms with van der Waals surface area (Å²) < 4.78 is 5.50. The third-order valence-electron chi connectivity index (χ3n) is 6.01. The summed E-state index contributed by atoms with van der Waals surface area (Å²) in [5.74, 6) is 2.48. The third kappa shape index (κ3) is 4.96. The van der Waals surface area contributed by atoms with Crippen molar-refractivity contribution < 1.29 is 4.74 Å². The van der Waals surface area contributed by atoms with E-state index in [4.69, 9.17) is 9.72 Å². The summed E-state index contributed by atoms with van der Waals surface area (Å²) in [4.78, 5) is 24.2. The highest BCUT2D eigenvalue weighted by atomic mass is 16.5. The number of aromatic amines is 1. The molecule has 5 aromatic rings. The van der Waals surface area contributed by atoms with Crippen LogP contribution in [0.25, 0.3) is 22.4 Å². The molecule has 1 saturated heterocycles. The molecule has 0 saturated carbocycles. The number of nitrogens with zero attached hydrogens (tertiary/aromatic N) is 5. The minimum atomic E-state index is 0.485. The second-order valence-electron chi connectivity index (χ2n) is 8.53. The predicted octanol–water partition coefficient (Wildman–Crippen LogP) is 4.61. The minimum Gasteiger partial charge on any atom is -0.378 e. The summed E-state index contributed by atoms with van der Waals surface area (Å²) in [6.07, 6.45) is 0. The molecule has 1 aliphatic rings. The Kier molecular flexibility index (Phi) is 6.11. The predicted molar refractivity (Wildman–Crippen MR) is 141 cm³/mol. The fourth-order valence-corrected chi connectivity index (χ4v) is 4.11. The van der Waals surface area contributed by atoms with Crippen LogP contribution in [-0.4, -0.2) is 51.2 Å². The summed E-state index contributed by atoms with van der Waals surface area (Å²) in [6.45, 7) is 3.43. The largest absolute Gasteiger partial charge is 0.378 e. The molecule has 0 atom stereocenters. The van der Waals surface area contributed by atoms with Crippen LogP contribution in [0, 0.1) is 0 Å². The van der Waals surface area contributed by atoms with E-state index in [-0.39, 0.29) is 0 Å². The number of para-hydroxylation sites is 2. The molecule has 0 unspecified atom stereocenters. The Bertz CT molecular complexity index is 1410. The topological polar surface area (TPSA) is 104 Å². The van der Waals surface area contributed by atoms with Crippen molar-refractivity contribution in [2.75, 3.05) is 41.8 Å². The lowest BCUT2D eigenvalue weighted by Gasteiger charge is -2.27. The summed E-state index contributed by atoms with van der Waals surface area (Å²) in [5.41, 5.74) is 5.01. The first-order chi connectivity index (χ1) is 17.8. The second kappa shape index (κ2) is 10.0. The average molecular weight is 479 g/mol. The standard InChI is InChI=1S/C27H26N8O/c1-2-6-19(7-3-1)18-28-25-32-26(34-27(33-25)35-14-16-36-17-15-35)29-21-12-10-20(11-13-21)24-30-22-8-4-5-9-23(22)31-24/h1-13H,14-18H2,(H,30,31)(H2,28,29,32,33,34). The molecule has 0 radical (unpaired) electrons. The van der Waals surface area contributed by atoms with Crippen LogP contribution in [0.3, 0.4) is 0 Å². The van der Waals surface area contributed by atoms with Gasteiger partial charge in [-0.05, 0) is 42.0 Å². The third-order valence-corrected chi connectivity index (χ3v) is 6.01. The summed E-state index contributed by atoms with van der Waals surface area (Å²) in [6, 6.07) is 26.2. The van der Waals surface area contributed by atoms with Crippen molar-refractivity contribution in [1.82, 2.24) is 24.9 Å². The lowest BCUT2D eigenvalue weighted by atomic mass is 10.2. The monoisotopic (exact) mass is 478 g/mol. The summed E-state index contributed by atoms with van der Waals surface area (Å²) >= 11 is 0.